The molecule has 0 saturated heterocycles. The zero-order valence-electron chi connectivity index (χ0n) is 18.8. The number of hydrogen-bond donors (Lipinski definition) is 0. The summed E-state index contributed by atoms with van der Waals surface area (Å²) in [4.78, 5) is 30.0. The molecule has 2 aromatic rings. The first-order chi connectivity index (χ1) is 15.1. The molecule has 0 aliphatic heterocycles. The molecule has 1 aliphatic rings. The van der Waals surface area contributed by atoms with Crippen LogP contribution < -0.4 is 0 Å². The third-order valence-corrected chi connectivity index (χ3v) is 5.99. The van der Waals surface area contributed by atoms with Crippen LogP contribution in [0.15, 0.2) is 48.7 Å². The number of carbonyl (C=O) groups excluding carboxylic acids is 2. The number of nitrogens with zero attached hydrogens (tertiary/aromatic N) is 3. The molecule has 1 aliphatic carbocycles. The highest BCUT2D eigenvalue weighted by Gasteiger charge is 2.31. The molecule has 1 aromatic carbocycles. The van der Waals surface area contributed by atoms with E-state index in [1.165, 1.54) is 0 Å². The van der Waals surface area contributed by atoms with E-state index in [-0.39, 0.29) is 24.3 Å². The van der Waals surface area contributed by atoms with E-state index in [1.54, 1.807) is 4.90 Å². The molecule has 6 nitrogen and oxygen atoms in total. The van der Waals surface area contributed by atoms with E-state index >= 15 is 0 Å². The van der Waals surface area contributed by atoms with Gasteiger partial charge >= 0.3 is 0 Å². The normalized spacial score (nSPS) is 13.6. The van der Waals surface area contributed by atoms with Crippen LogP contribution in [0.4, 0.5) is 0 Å². The van der Waals surface area contributed by atoms with Gasteiger partial charge in [-0.3, -0.25) is 9.59 Å². The van der Waals surface area contributed by atoms with Crippen molar-refractivity contribution < 1.29 is 14.3 Å². The second-order valence-corrected chi connectivity index (χ2v) is 8.28. The van der Waals surface area contributed by atoms with Crippen LogP contribution in [0.5, 0.6) is 0 Å². The number of amides is 2. The zero-order chi connectivity index (χ0) is 22.1. The van der Waals surface area contributed by atoms with Crippen molar-refractivity contribution in [2.45, 2.75) is 45.7 Å². The average molecular weight is 426 g/mol. The Morgan fingerprint density at radius 2 is 1.84 bits per heavy atom. The Kier molecular flexibility index (Phi) is 8.71. The van der Waals surface area contributed by atoms with Gasteiger partial charge in [0, 0.05) is 51.2 Å². The smallest absolute Gasteiger partial charge is 0.242 e. The molecule has 0 unspecified atom stereocenters. The van der Waals surface area contributed by atoms with Crippen molar-refractivity contribution in [2.75, 3.05) is 26.3 Å². The summed E-state index contributed by atoms with van der Waals surface area (Å²) in [5, 5.41) is 0. The van der Waals surface area contributed by atoms with Gasteiger partial charge in [-0.25, -0.2) is 0 Å². The molecule has 0 bridgehead atoms. The highest BCUT2D eigenvalue weighted by Crippen LogP contribution is 2.28. The van der Waals surface area contributed by atoms with Crippen molar-refractivity contribution in [3.8, 4) is 0 Å². The van der Waals surface area contributed by atoms with Gasteiger partial charge in [-0.05, 0) is 43.9 Å². The maximum absolute atomic E-state index is 13.4. The molecule has 31 heavy (non-hydrogen) atoms. The minimum atomic E-state index is -0.0193. The van der Waals surface area contributed by atoms with Crippen molar-refractivity contribution >= 4 is 11.8 Å². The number of rotatable bonds is 12. The zero-order valence-corrected chi connectivity index (χ0v) is 18.8. The summed E-state index contributed by atoms with van der Waals surface area (Å²) in [7, 11) is 1.99. The Bertz CT molecular complexity index is 830. The fourth-order valence-corrected chi connectivity index (χ4v) is 3.84. The summed E-state index contributed by atoms with van der Waals surface area (Å²) in [5.41, 5.74) is 2.15. The molecule has 0 radical (unpaired) electrons. The Hall–Kier alpha value is -2.60. The van der Waals surface area contributed by atoms with Gasteiger partial charge in [0.15, 0.2) is 0 Å². The minimum Gasteiger partial charge on any atom is -0.382 e. The van der Waals surface area contributed by atoms with Crippen molar-refractivity contribution in [1.82, 2.24) is 14.4 Å². The summed E-state index contributed by atoms with van der Waals surface area (Å²) in [6, 6.07) is 14.0. The SMILES string of the molecule is CCOCCCN(CC(=O)N(Cc1ccccc1)Cc1cccn1C)C(=O)C1CCC1. The molecule has 1 aromatic heterocycles. The van der Waals surface area contributed by atoms with E-state index in [1.807, 2.05) is 72.1 Å². The molecule has 0 N–H and O–H groups in total. The number of benzene rings is 1. The van der Waals surface area contributed by atoms with Gasteiger partial charge < -0.3 is 19.1 Å². The highest BCUT2D eigenvalue weighted by molar-refractivity contribution is 5.86. The predicted octanol–water partition coefficient (Wildman–Crippen LogP) is 3.61. The molecule has 0 spiro atoms. The van der Waals surface area contributed by atoms with Gasteiger partial charge in [-0.15, -0.1) is 0 Å². The number of carbonyl (C=O) groups is 2. The lowest BCUT2D eigenvalue weighted by atomic mass is 9.84. The molecule has 1 saturated carbocycles. The second kappa shape index (κ2) is 11.7. The van der Waals surface area contributed by atoms with Gasteiger partial charge in [0.25, 0.3) is 0 Å². The van der Waals surface area contributed by atoms with E-state index < -0.39 is 0 Å². The van der Waals surface area contributed by atoms with Gasteiger partial charge in [0.05, 0.1) is 13.1 Å². The summed E-state index contributed by atoms with van der Waals surface area (Å²) in [6.07, 6.45) is 5.71. The van der Waals surface area contributed by atoms with E-state index in [4.69, 9.17) is 4.74 Å². The largest absolute Gasteiger partial charge is 0.382 e. The molecule has 168 valence electrons. The molecule has 1 heterocycles. The van der Waals surface area contributed by atoms with Crippen LogP contribution in [0.2, 0.25) is 0 Å². The number of aromatic nitrogens is 1. The van der Waals surface area contributed by atoms with Crippen LogP contribution in [0.1, 0.15) is 43.9 Å². The van der Waals surface area contributed by atoms with Crippen molar-refractivity contribution in [3.63, 3.8) is 0 Å². The Balaban J connectivity index is 1.71. The summed E-state index contributed by atoms with van der Waals surface area (Å²) in [5.74, 6) is 0.180. The van der Waals surface area contributed by atoms with Gasteiger partial charge in [-0.2, -0.15) is 0 Å². The molecular formula is C25H35N3O3. The fraction of sp³-hybridized carbons (Fsp3) is 0.520. The monoisotopic (exact) mass is 425 g/mol. The highest BCUT2D eigenvalue weighted by atomic mass is 16.5. The second-order valence-electron chi connectivity index (χ2n) is 8.28. The van der Waals surface area contributed by atoms with E-state index in [0.29, 0.717) is 32.8 Å². The minimum absolute atomic E-state index is 0.0193. The van der Waals surface area contributed by atoms with Gasteiger partial charge in [-0.1, -0.05) is 36.8 Å². The van der Waals surface area contributed by atoms with Crippen molar-refractivity contribution in [1.29, 1.82) is 0 Å². The van der Waals surface area contributed by atoms with Gasteiger partial charge in [0.2, 0.25) is 11.8 Å². The topological polar surface area (TPSA) is 54.8 Å². The van der Waals surface area contributed by atoms with Crippen molar-refractivity contribution in [3.05, 3.63) is 59.9 Å². The van der Waals surface area contributed by atoms with Crippen LogP contribution in [0.25, 0.3) is 0 Å². The number of aryl methyl sites for hydroxylation is 1. The van der Waals surface area contributed by atoms with E-state index in [2.05, 4.69) is 0 Å². The Labute approximate surface area is 185 Å². The lowest BCUT2D eigenvalue weighted by molar-refractivity contribution is -0.145. The standard InChI is InChI=1S/C25H35N3O3/c1-3-31-17-9-16-27(25(30)22-12-7-13-22)20-24(29)28(18-21-10-5-4-6-11-21)19-23-14-8-15-26(23)2/h4-6,8,10-11,14-15,22H,3,7,9,12-13,16-20H2,1-2H3. The van der Waals surface area contributed by atoms with E-state index in [9.17, 15) is 9.59 Å². The predicted molar refractivity (Wildman–Crippen MR) is 121 cm³/mol. The van der Waals surface area contributed by atoms with Crippen LogP contribution >= 0.6 is 0 Å². The Morgan fingerprint density at radius 1 is 1.06 bits per heavy atom. The molecule has 1 fully saturated rings. The first kappa shape index (κ1) is 23.1. The van der Waals surface area contributed by atoms with Crippen LogP contribution in [-0.2, 0) is 34.5 Å². The maximum Gasteiger partial charge on any atom is 0.242 e. The van der Waals surface area contributed by atoms with Crippen LogP contribution in [0.3, 0.4) is 0 Å². The lowest BCUT2D eigenvalue weighted by Gasteiger charge is -2.33. The summed E-state index contributed by atoms with van der Waals surface area (Å²) >= 11 is 0. The molecular weight excluding hydrogens is 390 g/mol. The Morgan fingerprint density at radius 3 is 2.45 bits per heavy atom. The van der Waals surface area contributed by atoms with Crippen molar-refractivity contribution in [2.24, 2.45) is 13.0 Å². The first-order valence-electron chi connectivity index (χ1n) is 11.4. The van der Waals surface area contributed by atoms with Crippen LogP contribution in [0, 0.1) is 5.92 Å². The van der Waals surface area contributed by atoms with E-state index in [0.717, 1.165) is 36.9 Å². The quantitative estimate of drug-likeness (QED) is 0.488. The lowest BCUT2D eigenvalue weighted by Crippen LogP contribution is -2.46. The summed E-state index contributed by atoms with van der Waals surface area (Å²) < 4.78 is 7.48. The molecule has 6 heteroatoms. The first-order valence-corrected chi connectivity index (χ1v) is 11.4. The molecule has 2 amide bonds. The number of ether oxygens (including phenoxy) is 1. The summed E-state index contributed by atoms with van der Waals surface area (Å²) in [6.45, 7) is 4.96. The molecule has 0 atom stereocenters. The van der Waals surface area contributed by atoms with Gasteiger partial charge in [0.1, 0.15) is 0 Å². The third kappa shape index (κ3) is 6.69. The number of hydrogen-bond acceptors (Lipinski definition) is 3. The molecule has 3 rings (SSSR count). The average Bonchev–Trinajstić information content (AvgIpc) is 3.13. The van der Waals surface area contributed by atoms with Crippen LogP contribution in [-0.4, -0.2) is 52.5 Å². The maximum atomic E-state index is 13.4. The fourth-order valence-electron chi connectivity index (χ4n) is 3.84. The third-order valence-electron chi connectivity index (χ3n) is 5.99.